The number of rotatable bonds is 4. The Kier molecular flexibility index (Phi) is 3.50. The third-order valence-corrected chi connectivity index (χ3v) is 2.54. The molecule has 2 N–H and O–H groups in total. The number of carboxylic acids is 1. The summed E-state index contributed by atoms with van der Waals surface area (Å²) in [5.74, 6) is -0.587. The largest absolute Gasteiger partial charge is 0.476 e. The summed E-state index contributed by atoms with van der Waals surface area (Å²) in [4.78, 5) is 18.3. The molecule has 92 valence electrons. The lowest BCUT2D eigenvalue weighted by molar-refractivity contribution is 0.0690. The van der Waals surface area contributed by atoms with Gasteiger partial charge in [0.15, 0.2) is 5.69 Å². The minimum atomic E-state index is -1.09. The average molecular weight is 239 g/mol. The third kappa shape index (κ3) is 2.69. The van der Waals surface area contributed by atoms with Crippen LogP contribution < -0.4 is 5.32 Å². The van der Waals surface area contributed by atoms with Gasteiger partial charge < -0.3 is 19.9 Å². The number of hydrogen-bond donors (Lipinski definition) is 2. The van der Waals surface area contributed by atoms with Crippen LogP contribution in [0.5, 0.6) is 0 Å². The van der Waals surface area contributed by atoms with E-state index in [-0.39, 0.29) is 17.8 Å². The van der Waals surface area contributed by atoms with Crippen LogP contribution in [-0.2, 0) is 9.47 Å². The molecular weight excluding hydrogens is 226 g/mol. The van der Waals surface area contributed by atoms with Crippen molar-refractivity contribution in [1.29, 1.82) is 0 Å². The zero-order valence-electron chi connectivity index (χ0n) is 9.29. The van der Waals surface area contributed by atoms with Crippen LogP contribution in [0.1, 0.15) is 10.5 Å². The Labute approximate surface area is 97.8 Å². The minimum absolute atomic E-state index is 0.00461. The summed E-state index contributed by atoms with van der Waals surface area (Å²) in [6.07, 6.45) is 2.56. The van der Waals surface area contributed by atoms with Crippen molar-refractivity contribution < 1.29 is 19.4 Å². The van der Waals surface area contributed by atoms with Gasteiger partial charge in [-0.05, 0) is 0 Å². The average Bonchev–Trinajstić information content (AvgIpc) is 2.77. The molecule has 1 saturated heterocycles. The van der Waals surface area contributed by atoms with Gasteiger partial charge in [0, 0.05) is 7.11 Å². The van der Waals surface area contributed by atoms with Gasteiger partial charge in [-0.1, -0.05) is 0 Å². The minimum Gasteiger partial charge on any atom is -0.476 e. The van der Waals surface area contributed by atoms with E-state index in [1.165, 1.54) is 12.4 Å². The number of aromatic nitrogens is 2. The van der Waals surface area contributed by atoms with E-state index in [9.17, 15) is 4.79 Å². The highest BCUT2D eigenvalue weighted by molar-refractivity contribution is 5.84. The Morgan fingerprint density at radius 1 is 1.53 bits per heavy atom. The molecule has 17 heavy (non-hydrogen) atoms. The van der Waals surface area contributed by atoms with Crippen molar-refractivity contribution in [2.24, 2.45) is 0 Å². The van der Waals surface area contributed by atoms with E-state index >= 15 is 0 Å². The highest BCUT2D eigenvalue weighted by Crippen LogP contribution is 2.13. The molecule has 0 saturated carbocycles. The highest BCUT2D eigenvalue weighted by Gasteiger charge is 2.28. The Bertz CT molecular complexity index is 395. The third-order valence-electron chi connectivity index (χ3n) is 2.54. The van der Waals surface area contributed by atoms with Gasteiger partial charge in [-0.3, -0.25) is 0 Å². The Morgan fingerprint density at radius 2 is 2.35 bits per heavy atom. The summed E-state index contributed by atoms with van der Waals surface area (Å²) in [5.41, 5.74) is -0.0819. The maximum absolute atomic E-state index is 10.6. The van der Waals surface area contributed by atoms with Crippen molar-refractivity contribution in [1.82, 2.24) is 9.97 Å². The van der Waals surface area contributed by atoms with Crippen LogP contribution in [0.2, 0.25) is 0 Å². The fraction of sp³-hybridized carbons (Fsp3) is 0.500. The first-order chi connectivity index (χ1) is 8.20. The summed E-state index contributed by atoms with van der Waals surface area (Å²) in [6.45, 7) is 1.07. The first-order valence-electron chi connectivity index (χ1n) is 5.13. The predicted molar refractivity (Wildman–Crippen MR) is 58.0 cm³/mol. The van der Waals surface area contributed by atoms with Crippen LogP contribution in [0.25, 0.3) is 0 Å². The molecule has 0 amide bonds. The molecule has 1 aliphatic rings. The van der Waals surface area contributed by atoms with Crippen molar-refractivity contribution in [3.8, 4) is 0 Å². The van der Waals surface area contributed by atoms with Crippen LogP contribution in [0.15, 0.2) is 12.4 Å². The molecule has 0 unspecified atom stereocenters. The molecule has 1 aromatic heterocycles. The molecule has 2 heterocycles. The molecule has 0 spiro atoms. The van der Waals surface area contributed by atoms with Crippen molar-refractivity contribution in [3.05, 3.63) is 18.1 Å². The van der Waals surface area contributed by atoms with Crippen LogP contribution in [-0.4, -0.2) is 53.5 Å². The summed E-state index contributed by atoms with van der Waals surface area (Å²) in [7, 11) is 1.62. The van der Waals surface area contributed by atoms with E-state index in [0.29, 0.717) is 19.0 Å². The van der Waals surface area contributed by atoms with Crippen molar-refractivity contribution >= 4 is 11.8 Å². The Morgan fingerprint density at radius 3 is 2.94 bits per heavy atom. The van der Waals surface area contributed by atoms with Gasteiger partial charge in [0.1, 0.15) is 11.9 Å². The first-order valence-corrected chi connectivity index (χ1v) is 5.13. The molecule has 0 aromatic carbocycles. The fourth-order valence-corrected chi connectivity index (χ4v) is 1.60. The van der Waals surface area contributed by atoms with Crippen molar-refractivity contribution in [3.63, 3.8) is 0 Å². The molecule has 0 bridgehead atoms. The molecule has 7 nitrogen and oxygen atoms in total. The Hall–Kier alpha value is -1.73. The zero-order valence-corrected chi connectivity index (χ0v) is 9.29. The lowest BCUT2D eigenvalue weighted by Crippen LogP contribution is -2.33. The molecule has 2 rings (SSSR count). The molecule has 7 heteroatoms. The van der Waals surface area contributed by atoms with Crippen molar-refractivity contribution in [2.75, 3.05) is 25.6 Å². The van der Waals surface area contributed by atoms with Crippen LogP contribution in [0.3, 0.4) is 0 Å². The molecule has 1 aliphatic heterocycles. The normalized spacial score (nSPS) is 23.6. The monoisotopic (exact) mass is 239 g/mol. The van der Waals surface area contributed by atoms with Gasteiger partial charge in [-0.25, -0.2) is 14.8 Å². The maximum Gasteiger partial charge on any atom is 0.356 e. The van der Waals surface area contributed by atoms with E-state index in [1.54, 1.807) is 7.11 Å². The molecule has 0 radical (unpaired) electrons. The number of nitrogens with zero attached hydrogens (tertiary/aromatic N) is 2. The SMILES string of the molecule is CO[C@@H]1COC[C@@H]1Nc1cnc(C(=O)O)cn1. The topological polar surface area (TPSA) is 93.6 Å². The Balaban J connectivity index is 2.01. The smallest absolute Gasteiger partial charge is 0.356 e. The van der Waals surface area contributed by atoms with Crippen LogP contribution >= 0.6 is 0 Å². The van der Waals surface area contributed by atoms with Crippen LogP contribution in [0, 0.1) is 0 Å². The predicted octanol–water partition coefficient (Wildman–Crippen LogP) is 0.000500. The molecule has 1 fully saturated rings. The van der Waals surface area contributed by atoms with Gasteiger partial charge in [0.2, 0.25) is 0 Å². The highest BCUT2D eigenvalue weighted by atomic mass is 16.5. The lowest BCUT2D eigenvalue weighted by Gasteiger charge is -2.17. The fourth-order valence-electron chi connectivity index (χ4n) is 1.60. The van der Waals surface area contributed by atoms with Gasteiger partial charge in [-0.15, -0.1) is 0 Å². The van der Waals surface area contributed by atoms with E-state index in [2.05, 4.69) is 15.3 Å². The van der Waals surface area contributed by atoms with E-state index in [4.69, 9.17) is 14.6 Å². The second-order valence-corrected chi connectivity index (χ2v) is 3.65. The summed E-state index contributed by atoms with van der Waals surface area (Å²) < 4.78 is 10.5. The summed E-state index contributed by atoms with van der Waals surface area (Å²) in [6, 6.07) is 0.00461. The first kappa shape index (κ1) is 11.7. The van der Waals surface area contributed by atoms with Gasteiger partial charge in [0.05, 0.1) is 31.6 Å². The molecule has 0 aliphatic carbocycles. The number of methoxy groups -OCH3 is 1. The second-order valence-electron chi connectivity index (χ2n) is 3.65. The zero-order chi connectivity index (χ0) is 12.3. The lowest BCUT2D eigenvalue weighted by atomic mass is 10.2. The maximum atomic E-state index is 10.6. The molecular formula is C10H13N3O4. The number of hydrogen-bond acceptors (Lipinski definition) is 6. The summed E-state index contributed by atoms with van der Waals surface area (Å²) in [5, 5.41) is 11.8. The van der Waals surface area contributed by atoms with E-state index in [0.717, 1.165) is 0 Å². The second kappa shape index (κ2) is 5.07. The number of anilines is 1. The number of aromatic carboxylic acids is 1. The number of carboxylic acid groups (broad SMARTS) is 1. The number of nitrogens with one attached hydrogen (secondary N) is 1. The van der Waals surface area contributed by atoms with Gasteiger partial charge >= 0.3 is 5.97 Å². The quantitative estimate of drug-likeness (QED) is 0.763. The molecule has 2 atom stereocenters. The van der Waals surface area contributed by atoms with Crippen LogP contribution in [0.4, 0.5) is 5.82 Å². The van der Waals surface area contributed by atoms with E-state index in [1.807, 2.05) is 0 Å². The van der Waals surface area contributed by atoms with Gasteiger partial charge in [0.25, 0.3) is 0 Å². The van der Waals surface area contributed by atoms with E-state index < -0.39 is 5.97 Å². The number of carbonyl (C=O) groups is 1. The number of ether oxygens (including phenoxy) is 2. The standard InChI is InChI=1S/C10H13N3O4/c1-16-8-5-17-4-7(8)13-9-3-11-6(2-12-9)10(14)15/h2-3,7-8H,4-5H2,1H3,(H,12,13)(H,14,15)/t7-,8+/m0/s1. The molecule has 1 aromatic rings. The summed E-state index contributed by atoms with van der Waals surface area (Å²) >= 11 is 0. The van der Waals surface area contributed by atoms with Gasteiger partial charge in [-0.2, -0.15) is 0 Å². The van der Waals surface area contributed by atoms with Crippen molar-refractivity contribution in [2.45, 2.75) is 12.1 Å².